The van der Waals surface area contributed by atoms with E-state index in [2.05, 4.69) is 68.6 Å². The van der Waals surface area contributed by atoms with Gasteiger partial charge in [0.1, 0.15) is 0 Å². The van der Waals surface area contributed by atoms with E-state index in [0.29, 0.717) is 12.1 Å². The largest absolute Gasteiger partial charge is 0.376 e. The summed E-state index contributed by atoms with van der Waals surface area (Å²) >= 11 is 0. The van der Waals surface area contributed by atoms with Crippen molar-refractivity contribution in [1.82, 2.24) is 9.78 Å². The first-order chi connectivity index (χ1) is 9.97. The van der Waals surface area contributed by atoms with Gasteiger partial charge in [-0.2, -0.15) is 5.10 Å². The number of nitrogens with zero attached hydrogens (tertiary/aromatic N) is 2. The fourth-order valence-corrected chi connectivity index (χ4v) is 3.26. The minimum atomic E-state index is 0.275. The van der Waals surface area contributed by atoms with Gasteiger partial charge in [-0.05, 0) is 43.2 Å². The Morgan fingerprint density at radius 3 is 2.76 bits per heavy atom. The molecule has 1 unspecified atom stereocenters. The van der Waals surface area contributed by atoms with Crippen molar-refractivity contribution in [2.24, 2.45) is 0 Å². The van der Waals surface area contributed by atoms with Crippen molar-refractivity contribution in [3.8, 4) is 0 Å². The van der Waals surface area contributed by atoms with Gasteiger partial charge in [0.05, 0.1) is 17.9 Å². The molecule has 0 aliphatic heterocycles. The molecule has 0 radical (unpaired) electrons. The second kappa shape index (κ2) is 5.21. The third-order valence-corrected chi connectivity index (χ3v) is 4.59. The molecule has 1 aromatic heterocycles. The maximum Gasteiger partial charge on any atom is 0.0731 e. The Morgan fingerprint density at radius 2 is 2.05 bits per heavy atom. The molecule has 0 spiro atoms. The first kappa shape index (κ1) is 14.2. The van der Waals surface area contributed by atoms with Crippen LogP contribution in [0, 0.1) is 0 Å². The predicted octanol–water partition coefficient (Wildman–Crippen LogP) is 4.69. The molecule has 1 aliphatic rings. The molecule has 0 fully saturated rings. The third-order valence-electron chi connectivity index (χ3n) is 4.59. The van der Waals surface area contributed by atoms with Gasteiger partial charge in [0.25, 0.3) is 0 Å². The summed E-state index contributed by atoms with van der Waals surface area (Å²) in [7, 11) is 0. The Balaban J connectivity index is 1.86. The minimum absolute atomic E-state index is 0.275. The molecule has 21 heavy (non-hydrogen) atoms. The fourth-order valence-electron chi connectivity index (χ4n) is 3.26. The standard InChI is InChI=1S/C18H25N3/c1-13(2)21-12-14(11-19-21)20-17-9-10-18(3,4)16-8-6-5-7-15(16)17/h5-8,11-13,17,20H,9-10H2,1-4H3. The van der Waals surface area contributed by atoms with E-state index in [-0.39, 0.29) is 5.41 Å². The number of benzene rings is 1. The average molecular weight is 283 g/mol. The molecule has 0 amide bonds. The molecule has 1 atom stereocenters. The summed E-state index contributed by atoms with van der Waals surface area (Å²) in [5.41, 5.74) is 4.30. The monoisotopic (exact) mass is 283 g/mol. The average Bonchev–Trinajstić information content (AvgIpc) is 2.91. The second-order valence-electron chi connectivity index (χ2n) is 7.01. The zero-order valence-corrected chi connectivity index (χ0v) is 13.4. The summed E-state index contributed by atoms with van der Waals surface area (Å²) < 4.78 is 2.00. The number of hydrogen-bond acceptors (Lipinski definition) is 2. The highest BCUT2D eigenvalue weighted by atomic mass is 15.3. The number of aromatic nitrogens is 2. The Morgan fingerprint density at radius 1 is 1.29 bits per heavy atom. The van der Waals surface area contributed by atoms with Crippen LogP contribution in [-0.2, 0) is 5.41 Å². The molecule has 0 saturated heterocycles. The number of hydrogen-bond donors (Lipinski definition) is 1. The van der Waals surface area contributed by atoms with Gasteiger partial charge in [0.2, 0.25) is 0 Å². The van der Waals surface area contributed by atoms with Gasteiger partial charge in [-0.1, -0.05) is 38.1 Å². The van der Waals surface area contributed by atoms with Crippen LogP contribution in [0.25, 0.3) is 0 Å². The molecule has 2 aromatic rings. The Labute approximate surface area is 127 Å². The molecule has 0 saturated carbocycles. The molecule has 0 bridgehead atoms. The molecule has 3 heteroatoms. The summed E-state index contributed by atoms with van der Waals surface area (Å²) in [5, 5.41) is 8.09. The summed E-state index contributed by atoms with van der Waals surface area (Å²) in [6.07, 6.45) is 6.41. The maximum absolute atomic E-state index is 4.42. The Hall–Kier alpha value is -1.77. The lowest BCUT2D eigenvalue weighted by Crippen LogP contribution is -2.29. The van der Waals surface area contributed by atoms with Crippen LogP contribution in [0.2, 0.25) is 0 Å². The van der Waals surface area contributed by atoms with E-state index < -0.39 is 0 Å². The van der Waals surface area contributed by atoms with Crippen LogP contribution >= 0.6 is 0 Å². The molecular weight excluding hydrogens is 258 g/mol. The summed E-state index contributed by atoms with van der Waals surface area (Å²) in [6, 6.07) is 9.63. The summed E-state index contributed by atoms with van der Waals surface area (Å²) in [5.74, 6) is 0. The molecule has 1 heterocycles. The lowest BCUT2D eigenvalue weighted by atomic mass is 9.71. The van der Waals surface area contributed by atoms with Gasteiger partial charge >= 0.3 is 0 Å². The maximum atomic E-state index is 4.42. The van der Waals surface area contributed by atoms with E-state index in [0.717, 1.165) is 12.1 Å². The van der Waals surface area contributed by atoms with Crippen LogP contribution < -0.4 is 5.32 Å². The van der Waals surface area contributed by atoms with Crippen molar-refractivity contribution < 1.29 is 0 Å². The molecule has 3 nitrogen and oxygen atoms in total. The second-order valence-corrected chi connectivity index (χ2v) is 7.01. The molecule has 1 N–H and O–H groups in total. The van der Waals surface area contributed by atoms with E-state index in [4.69, 9.17) is 0 Å². The third kappa shape index (κ3) is 2.69. The smallest absolute Gasteiger partial charge is 0.0731 e. The normalized spacial score (nSPS) is 20.3. The zero-order chi connectivity index (χ0) is 15.0. The van der Waals surface area contributed by atoms with Crippen molar-refractivity contribution in [1.29, 1.82) is 0 Å². The van der Waals surface area contributed by atoms with Crippen molar-refractivity contribution in [2.75, 3.05) is 5.32 Å². The van der Waals surface area contributed by atoms with Gasteiger partial charge in [-0.25, -0.2) is 0 Å². The van der Waals surface area contributed by atoms with Crippen molar-refractivity contribution in [3.05, 3.63) is 47.8 Å². The number of nitrogens with one attached hydrogen (secondary N) is 1. The van der Waals surface area contributed by atoms with Gasteiger partial charge in [-0.3, -0.25) is 4.68 Å². The van der Waals surface area contributed by atoms with Crippen molar-refractivity contribution >= 4 is 5.69 Å². The Bertz CT molecular complexity index is 625. The predicted molar refractivity (Wildman–Crippen MR) is 87.7 cm³/mol. The summed E-state index contributed by atoms with van der Waals surface area (Å²) in [4.78, 5) is 0. The van der Waals surface area contributed by atoms with Crippen LogP contribution in [0.15, 0.2) is 36.7 Å². The van der Waals surface area contributed by atoms with Crippen molar-refractivity contribution in [3.63, 3.8) is 0 Å². The quantitative estimate of drug-likeness (QED) is 0.885. The molecule has 1 aromatic carbocycles. The van der Waals surface area contributed by atoms with E-state index in [1.165, 1.54) is 17.5 Å². The lowest BCUT2D eigenvalue weighted by Gasteiger charge is -2.37. The fraction of sp³-hybridized carbons (Fsp3) is 0.500. The molecule has 1 aliphatic carbocycles. The topological polar surface area (TPSA) is 29.9 Å². The van der Waals surface area contributed by atoms with Crippen molar-refractivity contribution in [2.45, 2.75) is 58.0 Å². The van der Waals surface area contributed by atoms with E-state index in [1.54, 1.807) is 0 Å². The molecule has 112 valence electrons. The highest BCUT2D eigenvalue weighted by Crippen LogP contribution is 2.42. The number of rotatable bonds is 3. The number of fused-ring (bicyclic) bond motifs is 1. The van der Waals surface area contributed by atoms with E-state index in [1.807, 2.05) is 10.9 Å². The Kier molecular flexibility index (Phi) is 3.52. The van der Waals surface area contributed by atoms with Crippen LogP contribution in [-0.4, -0.2) is 9.78 Å². The lowest BCUT2D eigenvalue weighted by molar-refractivity contribution is 0.406. The van der Waals surface area contributed by atoms with Gasteiger partial charge in [-0.15, -0.1) is 0 Å². The van der Waals surface area contributed by atoms with E-state index >= 15 is 0 Å². The van der Waals surface area contributed by atoms with Gasteiger partial charge in [0, 0.05) is 12.2 Å². The SMILES string of the molecule is CC(C)n1cc(NC2CCC(C)(C)c3ccccc32)cn1. The van der Waals surface area contributed by atoms with Crippen LogP contribution in [0.1, 0.15) is 63.7 Å². The molecule has 3 rings (SSSR count). The summed E-state index contributed by atoms with van der Waals surface area (Å²) in [6.45, 7) is 8.99. The van der Waals surface area contributed by atoms with E-state index in [9.17, 15) is 0 Å². The first-order valence-electron chi connectivity index (χ1n) is 7.87. The van der Waals surface area contributed by atoms with Crippen LogP contribution in [0.3, 0.4) is 0 Å². The number of anilines is 1. The van der Waals surface area contributed by atoms with Crippen LogP contribution in [0.5, 0.6) is 0 Å². The first-order valence-corrected chi connectivity index (χ1v) is 7.87. The zero-order valence-electron chi connectivity index (χ0n) is 13.4. The highest BCUT2D eigenvalue weighted by Gasteiger charge is 2.32. The highest BCUT2D eigenvalue weighted by molar-refractivity contribution is 5.46. The van der Waals surface area contributed by atoms with Crippen LogP contribution in [0.4, 0.5) is 5.69 Å². The van der Waals surface area contributed by atoms with Gasteiger partial charge < -0.3 is 5.32 Å². The minimum Gasteiger partial charge on any atom is -0.376 e. The van der Waals surface area contributed by atoms with Gasteiger partial charge in [0.15, 0.2) is 0 Å². The molecular formula is C18H25N3.